The fourth-order valence-corrected chi connectivity index (χ4v) is 8.22. The van der Waals surface area contributed by atoms with Crippen LogP contribution in [0.15, 0.2) is 12.2 Å². The monoisotopic (exact) mass is 711 g/mol. The van der Waals surface area contributed by atoms with Crippen molar-refractivity contribution in [1.29, 1.82) is 0 Å². The molecule has 4 nitrogen and oxygen atoms in total. The third kappa shape index (κ3) is 17.2. The van der Waals surface area contributed by atoms with E-state index in [1.807, 2.05) is 0 Å². The van der Waals surface area contributed by atoms with Gasteiger partial charge in [-0.3, -0.25) is 4.79 Å². The van der Waals surface area contributed by atoms with E-state index in [0.29, 0.717) is 12.2 Å². The molecule has 0 amide bonds. The van der Waals surface area contributed by atoms with Crippen LogP contribution < -0.4 is 4.74 Å². The highest BCUT2D eigenvalue weighted by Crippen LogP contribution is 2.48. The highest BCUT2D eigenvalue weighted by molar-refractivity contribution is 5.69. The normalized spacial score (nSPS) is 17.8. The van der Waals surface area contributed by atoms with E-state index in [2.05, 4.69) is 67.5 Å². The summed E-state index contributed by atoms with van der Waals surface area (Å²) >= 11 is 0. The molecule has 4 atom stereocenters. The average molecular weight is 711 g/mol. The first kappa shape index (κ1) is 45.2. The van der Waals surface area contributed by atoms with Gasteiger partial charge in [-0.1, -0.05) is 143 Å². The summed E-state index contributed by atoms with van der Waals surface area (Å²) in [6, 6.07) is 0. The number of carbonyl (C=O) groups is 1. The number of benzene rings is 1. The molecular weight excluding hydrogens is 629 g/mol. The fourth-order valence-electron chi connectivity index (χ4n) is 8.22. The first-order chi connectivity index (χ1) is 24.4. The molecule has 1 aromatic carbocycles. The van der Waals surface area contributed by atoms with Crippen molar-refractivity contribution < 1.29 is 19.4 Å². The van der Waals surface area contributed by atoms with E-state index in [-0.39, 0.29) is 17.5 Å². The molecule has 1 aliphatic heterocycles. The molecule has 0 radical (unpaired) electrons. The standard InChI is InChI=1S/C47H82O4/c1-10-11-12-16-19-30-41(31-20-17-14-13-15-18-21-32-43(48)50-9)44-42-33-35-47(8,51-46(42)40(7)39(6)45(44)49)34-24-29-38(5)28-23-27-37(4)26-22-25-36(2)3/h20,31,36-38,41,49H,10-19,21-30,32-35H2,1-9H3/b31-20+. The Morgan fingerprint density at radius 2 is 1.41 bits per heavy atom. The number of methoxy groups -OCH3 is 1. The van der Waals surface area contributed by atoms with Crippen LogP contribution in [0.25, 0.3) is 0 Å². The topological polar surface area (TPSA) is 55.8 Å². The van der Waals surface area contributed by atoms with Crippen LogP contribution in [0.3, 0.4) is 0 Å². The molecule has 1 aromatic rings. The van der Waals surface area contributed by atoms with Crippen LogP contribution in [0.4, 0.5) is 0 Å². The molecule has 0 saturated heterocycles. The van der Waals surface area contributed by atoms with Gasteiger partial charge in [-0.15, -0.1) is 0 Å². The van der Waals surface area contributed by atoms with Gasteiger partial charge >= 0.3 is 5.97 Å². The number of allylic oxidation sites excluding steroid dienone is 2. The SMILES string of the molecule is CCCCCCCC(/C=C/CCCCCCCC(=O)OC)c1c(O)c(C)c(C)c2c1CCC(C)(CCCC(C)CCCC(C)CCCC(C)C)O2. The van der Waals surface area contributed by atoms with E-state index >= 15 is 0 Å². The molecule has 1 aliphatic rings. The zero-order valence-electron chi connectivity index (χ0n) is 35.1. The van der Waals surface area contributed by atoms with E-state index in [0.717, 1.165) is 98.0 Å². The van der Waals surface area contributed by atoms with Crippen LogP contribution in [-0.4, -0.2) is 23.8 Å². The predicted octanol–water partition coefficient (Wildman–Crippen LogP) is 14.4. The molecule has 294 valence electrons. The molecule has 0 saturated carbocycles. The number of phenolic OH excluding ortho intramolecular Hbond substituents is 1. The summed E-state index contributed by atoms with van der Waals surface area (Å²) in [7, 11) is 1.46. The lowest BCUT2D eigenvalue weighted by Crippen LogP contribution is -2.37. The zero-order chi connectivity index (χ0) is 37.6. The maximum atomic E-state index is 11.7. The largest absolute Gasteiger partial charge is 0.507 e. The molecular formula is C47H82O4. The first-order valence-electron chi connectivity index (χ1n) is 21.7. The summed E-state index contributed by atoms with van der Waals surface area (Å²) in [5.74, 6) is 4.13. The van der Waals surface area contributed by atoms with Crippen LogP contribution in [0.5, 0.6) is 11.5 Å². The van der Waals surface area contributed by atoms with E-state index in [9.17, 15) is 9.90 Å². The van der Waals surface area contributed by atoms with E-state index in [1.54, 1.807) is 0 Å². The number of rotatable bonds is 28. The molecule has 0 aromatic heterocycles. The maximum Gasteiger partial charge on any atom is 0.305 e. The van der Waals surface area contributed by atoms with Crippen molar-refractivity contribution in [3.05, 3.63) is 34.4 Å². The van der Waals surface area contributed by atoms with Gasteiger partial charge in [0.1, 0.15) is 17.1 Å². The minimum atomic E-state index is -0.147. The van der Waals surface area contributed by atoms with Gasteiger partial charge in [0, 0.05) is 23.5 Å². The van der Waals surface area contributed by atoms with Crippen molar-refractivity contribution in [2.75, 3.05) is 7.11 Å². The fraction of sp³-hybridized carbons (Fsp3) is 0.809. The van der Waals surface area contributed by atoms with Crippen molar-refractivity contribution >= 4 is 5.97 Å². The van der Waals surface area contributed by atoms with Crippen molar-refractivity contribution in [2.24, 2.45) is 17.8 Å². The number of fused-ring (bicyclic) bond motifs is 1. The Morgan fingerprint density at radius 1 is 0.804 bits per heavy atom. The Balaban J connectivity index is 2.03. The summed E-state index contributed by atoms with van der Waals surface area (Å²) in [6.45, 7) is 18.4. The molecule has 1 heterocycles. The predicted molar refractivity (Wildman–Crippen MR) is 219 cm³/mol. The number of unbranched alkanes of at least 4 members (excludes halogenated alkanes) is 9. The lowest BCUT2D eigenvalue weighted by molar-refractivity contribution is -0.140. The summed E-state index contributed by atoms with van der Waals surface area (Å²) < 4.78 is 11.8. The lowest BCUT2D eigenvalue weighted by atomic mass is 9.79. The summed E-state index contributed by atoms with van der Waals surface area (Å²) in [6.07, 6.45) is 33.0. The molecule has 0 fully saturated rings. The summed E-state index contributed by atoms with van der Waals surface area (Å²) in [4.78, 5) is 11.4. The van der Waals surface area contributed by atoms with Crippen molar-refractivity contribution in [2.45, 2.75) is 221 Å². The molecule has 2 rings (SSSR count). The van der Waals surface area contributed by atoms with Crippen molar-refractivity contribution in [3.8, 4) is 11.5 Å². The Hall–Kier alpha value is -1.97. The molecule has 0 bridgehead atoms. The van der Waals surface area contributed by atoms with E-state index < -0.39 is 0 Å². The van der Waals surface area contributed by atoms with Gasteiger partial charge in [-0.05, 0) is 101 Å². The number of carbonyl (C=O) groups excluding carboxylic acids is 1. The van der Waals surface area contributed by atoms with Gasteiger partial charge in [-0.2, -0.15) is 0 Å². The Morgan fingerprint density at radius 3 is 2.08 bits per heavy atom. The second-order valence-corrected chi connectivity index (χ2v) is 17.4. The minimum Gasteiger partial charge on any atom is -0.507 e. The molecule has 4 heteroatoms. The lowest BCUT2D eigenvalue weighted by Gasteiger charge is -2.39. The van der Waals surface area contributed by atoms with Crippen LogP contribution >= 0.6 is 0 Å². The number of esters is 1. The maximum absolute atomic E-state index is 11.7. The highest BCUT2D eigenvalue weighted by atomic mass is 16.5. The van der Waals surface area contributed by atoms with E-state index in [1.165, 1.54) is 103 Å². The van der Waals surface area contributed by atoms with Crippen LogP contribution in [0.2, 0.25) is 0 Å². The van der Waals surface area contributed by atoms with Crippen LogP contribution in [0.1, 0.15) is 217 Å². The molecule has 4 unspecified atom stereocenters. The summed E-state index contributed by atoms with van der Waals surface area (Å²) in [5, 5.41) is 11.7. The molecule has 51 heavy (non-hydrogen) atoms. The zero-order valence-corrected chi connectivity index (χ0v) is 35.1. The molecule has 0 spiro atoms. The Labute approximate surface area is 316 Å². The number of hydrogen-bond donors (Lipinski definition) is 1. The van der Waals surface area contributed by atoms with Crippen LogP contribution in [0, 0.1) is 31.6 Å². The van der Waals surface area contributed by atoms with Gasteiger partial charge in [0.05, 0.1) is 7.11 Å². The van der Waals surface area contributed by atoms with Gasteiger partial charge in [0.2, 0.25) is 0 Å². The summed E-state index contributed by atoms with van der Waals surface area (Å²) in [5.41, 5.74) is 4.35. The number of ether oxygens (including phenoxy) is 2. The highest BCUT2D eigenvalue weighted by Gasteiger charge is 2.36. The second kappa shape index (κ2) is 25.1. The number of phenols is 1. The molecule has 0 aliphatic carbocycles. The number of hydrogen-bond acceptors (Lipinski definition) is 4. The third-order valence-electron chi connectivity index (χ3n) is 12.0. The Bertz CT molecular complexity index is 1140. The molecule has 1 N–H and O–H groups in total. The smallest absolute Gasteiger partial charge is 0.305 e. The quantitative estimate of drug-likeness (QED) is 0.0534. The Kier molecular flexibility index (Phi) is 22.3. The first-order valence-corrected chi connectivity index (χ1v) is 21.7. The average Bonchev–Trinajstić information content (AvgIpc) is 3.09. The van der Waals surface area contributed by atoms with Gasteiger partial charge in [-0.25, -0.2) is 0 Å². The number of aromatic hydroxyl groups is 1. The van der Waals surface area contributed by atoms with E-state index in [4.69, 9.17) is 9.47 Å². The van der Waals surface area contributed by atoms with Gasteiger partial charge in [0.25, 0.3) is 0 Å². The van der Waals surface area contributed by atoms with Gasteiger partial charge < -0.3 is 14.6 Å². The van der Waals surface area contributed by atoms with Crippen molar-refractivity contribution in [3.63, 3.8) is 0 Å². The minimum absolute atomic E-state index is 0.103. The van der Waals surface area contributed by atoms with Crippen LogP contribution in [-0.2, 0) is 16.0 Å². The second-order valence-electron chi connectivity index (χ2n) is 17.4. The third-order valence-corrected chi connectivity index (χ3v) is 12.0. The van der Waals surface area contributed by atoms with Gasteiger partial charge in [0.15, 0.2) is 0 Å². The van der Waals surface area contributed by atoms with Crippen molar-refractivity contribution in [1.82, 2.24) is 0 Å².